The smallest absolute Gasteiger partial charge is 0.195 e. The van der Waals surface area contributed by atoms with E-state index >= 15 is 0 Å². The van der Waals surface area contributed by atoms with Crippen LogP contribution in [-0.2, 0) is 5.75 Å². The molecule has 0 bridgehead atoms. The van der Waals surface area contributed by atoms with Gasteiger partial charge >= 0.3 is 0 Å². The molecule has 0 aliphatic heterocycles. The molecule has 0 spiro atoms. The minimum atomic E-state index is 0.721. The number of thioether (sulfide) groups is 1. The van der Waals surface area contributed by atoms with Crippen molar-refractivity contribution < 1.29 is 0 Å². The summed E-state index contributed by atoms with van der Waals surface area (Å²) in [6, 6.07) is 15.9. The number of aromatic nitrogens is 3. The second-order valence-electron chi connectivity index (χ2n) is 5.00. The Morgan fingerprint density at radius 3 is 2.91 bits per heavy atom. The van der Waals surface area contributed by atoms with Gasteiger partial charge in [-0.1, -0.05) is 71.4 Å². The zero-order chi connectivity index (χ0) is 16.1. The Morgan fingerprint density at radius 1 is 1.22 bits per heavy atom. The highest BCUT2D eigenvalue weighted by molar-refractivity contribution is 7.98. The molecule has 23 heavy (non-hydrogen) atoms. The summed E-state index contributed by atoms with van der Waals surface area (Å²) >= 11 is 7.72. The van der Waals surface area contributed by atoms with Gasteiger partial charge < -0.3 is 0 Å². The predicted molar refractivity (Wildman–Crippen MR) is 95.2 cm³/mol. The SMILES string of the molecule is Cc1cccc(/C=N\n2cnnc2SCc2ccccc2Cl)c1. The predicted octanol–water partition coefficient (Wildman–Crippen LogP) is 4.41. The van der Waals surface area contributed by atoms with E-state index in [9.17, 15) is 0 Å². The molecule has 0 amide bonds. The van der Waals surface area contributed by atoms with E-state index in [1.54, 1.807) is 29.0 Å². The van der Waals surface area contributed by atoms with Gasteiger partial charge in [0, 0.05) is 10.8 Å². The van der Waals surface area contributed by atoms with Gasteiger partial charge in [0.25, 0.3) is 0 Å². The van der Waals surface area contributed by atoms with Crippen LogP contribution in [-0.4, -0.2) is 21.1 Å². The molecule has 4 nitrogen and oxygen atoms in total. The highest BCUT2D eigenvalue weighted by Crippen LogP contribution is 2.25. The number of aryl methyl sites for hydroxylation is 1. The van der Waals surface area contributed by atoms with Gasteiger partial charge in [0.2, 0.25) is 5.16 Å². The quantitative estimate of drug-likeness (QED) is 0.509. The molecule has 0 saturated carbocycles. The third-order valence-corrected chi connectivity index (χ3v) is 4.54. The lowest BCUT2D eigenvalue weighted by molar-refractivity contribution is 0.767. The first-order valence-corrected chi connectivity index (χ1v) is 8.46. The van der Waals surface area contributed by atoms with Gasteiger partial charge in [0.15, 0.2) is 0 Å². The maximum Gasteiger partial charge on any atom is 0.212 e. The van der Waals surface area contributed by atoms with Crippen LogP contribution in [0.3, 0.4) is 0 Å². The number of nitrogens with zero attached hydrogens (tertiary/aromatic N) is 4. The second kappa shape index (κ2) is 7.44. The Bertz CT molecular complexity index is 829. The van der Waals surface area contributed by atoms with Crippen molar-refractivity contribution in [1.82, 2.24) is 14.9 Å². The lowest BCUT2D eigenvalue weighted by Crippen LogP contribution is -1.93. The molecule has 0 radical (unpaired) electrons. The zero-order valence-corrected chi connectivity index (χ0v) is 14.1. The summed E-state index contributed by atoms with van der Waals surface area (Å²) in [6.07, 6.45) is 3.40. The summed E-state index contributed by atoms with van der Waals surface area (Å²) in [4.78, 5) is 0. The van der Waals surface area contributed by atoms with Crippen molar-refractivity contribution in [3.8, 4) is 0 Å². The second-order valence-corrected chi connectivity index (χ2v) is 6.35. The first-order chi connectivity index (χ1) is 11.2. The van der Waals surface area contributed by atoms with Crippen molar-refractivity contribution in [3.05, 3.63) is 76.6 Å². The average Bonchev–Trinajstić information content (AvgIpc) is 3.00. The normalized spacial score (nSPS) is 11.2. The molecule has 1 aromatic heterocycles. The van der Waals surface area contributed by atoms with E-state index in [1.165, 1.54) is 5.56 Å². The number of hydrogen-bond acceptors (Lipinski definition) is 4. The fourth-order valence-electron chi connectivity index (χ4n) is 2.03. The molecule has 0 unspecified atom stereocenters. The van der Waals surface area contributed by atoms with Crippen LogP contribution in [0, 0.1) is 6.92 Å². The maximum absolute atomic E-state index is 6.17. The summed E-state index contributed by atoms with van der Waals surface area (Å²) in [5.41, 5.74) is 3.31. The van der Waals surface area contributed by atoms with Gasteiger partial charge in [-0.2, -0.15) is 9.78 Å². The van der Waals surface area contributed by atoms with Gasteiger partial charge in [0.05, 0.1) is 6.21 Å². The molecule has 0 atom stereocenters. The molecule has 0 saturated heterocycles. The highest BCUT2D eigenvalue weighted by atomic mass is 35.5. The average molecular weight is 343 g/mol. The minimum absolute atomic E-state index is 0.721. The molecular weight excluding hydrogens is 328 g/mol. The van der Waals surface area contributed by atoms with Crippen LogP contribution >= 0.6 is 23.4 Å². The molecule has 1 heterocycles. The third kappa shape index (κ3) is 4.21. The summed E-state index contributed by atoms with van der Waals surface area (Å²) < 4.78 is 1.67. The van der Waals surface area contributed by atoms with Gasteiger partial charge in [-0.05, 0) is 24.1 Å². The van der Waals surface area contributed by atoms with E-state index in [0.717, 1.165) is 27.1 Å². The molecule has 6 heteroatoms. The summed E-state index contributed by atoms with van der Waals surface area (Å²) in [5.74, 6) is 0.721. The Kier molecular flexibility index (Phi) is 5.10. The van der Waals surface area contributed by atoms with Crippen LogP contribution in [0.5, 0.6) is 0 Å². The number of rotatable bonds is 5. The van der Waals surface area contributed by atoms with Crippen LogP contribution in [0.2, 0.25) is 5.02 Å². The van der Waals surface area contributed by atoms with Crippen molar-refractivity contribution in [2.45, 2.75) is 17.8 Å². The lowest BCUT2D eigenvalue weighted by Gasteiger charge is -2.03. The molecular formula is C17H15ClN4S. The van der Waals surface area contributed by atoms with Crippen molar-refractivity contribution in [1.29, 1.82) is 0 Å². The molecule has 116 valence electrons. The van der Waals surface area contributed by atoms with Gasteiger partial charge in [-0.15, -0.1) is 10.2 Å². The molecule has 0 aliphatic rings. The van der Waals surface area contributed by atoms with Gasteiger partial charge in [-0.3, -0.25) is 0 Å². The fraction of sp³-hybridized carbons (Fsp3) is 0.118. The first-order valence-electron chi connectivity index (χ1n) is 7.09. The topological polar surface area (TPSA) is 43.1 Å². The summed E-state index contributed by atoms with van der Waals surface area (Å²) in [7, 11) is 0. The number of hydrogen-bond donors (Lipinski definition) is 0. The van der Waals surface area contributed by atoms with E-state index in [0.29, 0.717) is 0 Å². The fourth-order valence-corrected chi connectivity index (χ4v) is 3.18. The minimum Gasteiger partial charge on any atom is -0.195 e. The Balaban J connectivity index is 1.71. The molecule has 0 fully saturated rings. The lowest BCUT2D eigenvalue weighted by atomic mass is 10.2. The molecule has 2 aromatic carbocycles. The largest absolute Gasteiger partial charge is 0.212 e. The monoisotopic (exact) mass is 342 g/mol. The molecule has 3 aromatic rings. The van der Waals surface area contributed by atoms with E-state index in [2.05, 4.69) is 34.4 Å². The van der Waals surface area contributed by atoms with Crippen LogP contribution in [0.1, 0.15) is 16.7 Å². The van der Waals surface area contributed by atoms with Crippen LogP contribution in [0.4, 0.5) is 0 Å². The molecule has 0 N–H and O–H groups in total. The molecule has 0 aliphatic carbocycles. The van der Waals surface area contributed by atoms with Crippen molar-refractivity contribution in [3.63, 3.8) is 0 Å². The van der Waals surface area contributed by atoms with Crippen molar-refractivity contribution in [2.75, 3.05) is 0 Å². The van der Waals surface area contributed by atoms with E-state index in [4.69, 9.17) is 11.6 Å². The van der Waals surface area contributed by atoms with Crippen molar-refractivity contribution >= 4 is 29.6 Å². The third-order valence-electron chi connectivity index (χ3n) is 3.19. The van der Waals surface area contributed by atoms with Gasteiger partial charge in [-0.25, -0.2) is 0 Å². The maximum atomic E-state index is 6.17. The number of halogens is 1. The highest BCUT2D eigenvalue weighted by Gasteiger charge is 2.06. The van der Waals surface area contributed by atoms with E-state index in [1.807, 2.05) is 36.4 Å². The Morgan fingerprint density at radius 2 is 2.09 bits per heavy atom. The standard InChI is InChI=1S/C17H15ClN4S/c1-13-5-4-6-14(9-13)10-20-22-12-19-21-17(22)23-11-15-7-2-3-8-16(15)18/h2-10,12H,11H2,1H3/b20-10-. The zero-order valence-electron chi connectivity index (χ0n) is 12.6. The van der Waals surface area contributed by atoms with E-state index in [-0.39, 0.29) is 0 Å². The van der Waals surface area contributed by atoms with E-state index < -0.39 is 0 Å². The first kappa shape index (κ1) is 15.8. The Hall–Kier alpha value is -2.11. The van der Waals surface area contributed by atoms with Gasteiger partial charge in [0.1, 0.15) is 6.33 Å². The van der Waals surface area contributed by atoms with Crippen LogP contribution in [0.15, 0.2) is 65.1 Å². The Labute approximate surface area is 144 Å². The molecule has 3 rings (SSSR count). The van der Waals surface area contributed by atoms with Crippen LogP contribution in [0.25, 0.3) is 0 Å². The number of benzene rings is 2. The van der Waals surface area contributed by atoms with Crippen molar-refractivity contribution in [2.24, 2.45) is 5.10 Å². The van der Waals surface area contributed by atoms with Crippen LogP contribution < -0.4 is 0 Å². The summed E-state index contributed by atoms with van der Waals surface area (Å²) in [5, 5.41) is 14.0. The summed E-state index contributed by atoms with van der Waals surface area (Å²) in [6.45, 7) is 2.06.